The zero-order chi connectivity index (χ0) is 22.3. The summed E-state index contributed by atoms with van der Waals surface area (Å²) in [5.41, 5.74) is 10.5. The van der Waals surface area contributed by atoms with Gasteiger partial charge in [0, 0.05) is 31.2 Å². The Bertz CT molecular complexity index is 1240. The third kappa shape index (κ3) is 4.26. The highest BCUT2D eigenvalue weighted by Crippen LogP contribution is 2.32. The topological polar surface area (TPSA) is 57.9 Å². The molecule has 0 spiro atoms. The van der Waals surface area contributed by atoms with Gasteiger partial charge in [0.2, 0.25) is 0 Å². The molecule has 3 aromatic carbocycles. The van der Waals surface area contributed by atoms with Gasteiger partial charge in [-0.05, 0) is 47.4 Å². The van der Waals surface area contributed by atoms with Gasteiger partial charge in [-0.2, -0.15) is 13.2 Å². The minimum atomic E-state index is -4.38. The normalized spacial score (nSPS) is 17.3. The van der Waals surface area contributed by atoms with Crippen molar-refractivity contribution in [2.45, 2.75) is 25.2 Å². The maximum Gasteiger partial charge on any atom is 0.416 e. The van der Waals surface area contributed by atoms with E-state index in [4.69, 9.17) is 5.73 Å². The number of hydrogen-bond acceptors (Lipinski definition) is 3. The van der Waals surface area contributed by atoms with Crippen molar-refractivity contribution in [1.82, 2.24) is 14.9 Å². The number of nitrogens with one attached hydrogen (secondary N) is 1. The fourth-order valence-electron chi connectivity index (χ4n) is 4.26. The average molecular weight is 436 g/mol. The first-order chi connectivity index (χ1) is 15.3. The standard InChI is InChI=1S/C25H23F3N4/c26-25(27,28)20-8-9-22-23(13-20)31-24(30-22)18-6-4-17(5-7-18)19-3-1-2-16(12-19)14-32-11-10-21(29)15-32/h1-9,12-13,21H,10-11,14-15,29H2,(H,30,31). The molecule has 4 aromatic rings. The fraction of sp³-hybridized carbons (Fsp3) is 0.240. The first-order valence-corrected chi connectivity index (χ1v) is 10.6. The van der Waals surface area contributed by atoms with Crippen LogP contribution in [-0.4, -0.2) is 34.0 Å². The van der Waals surface area contributed by atoms with Gasteiger partial charge in [0.1, 0.15) is 5.82 Å². The summed E-state index contributed by atoms with van der Waals surface area (Å²) in [5.74, 6) is 0.546. The lowest BCUT2D eigenvalue weighted by molar-refractivity contribution is -0.137. The molecule has 1 saturated heterocycles. The molecule has 0 radical (unpaired) electrons. The van der Waals surface area contributed by atoms with E-state index < -0.39 is 11.7 Å². The van der Waals surface area contributed by atoms with E-state index in [0.29, 0.717) is 16.9 Å². The van der Waals surface area contributed by atoms with Crippen LogP contribution in [0.25, 0.3) is 33.5 Å². The number of likely N-dealkylation sites (tertiary alicyclic amines) is 1. The first-order valence-electron chi connectivity index (χ1n) is 10.6. The molecule has 3 N–H and O–H groups in total. The Kier molecular flexibility index (Phi) is 5.23. The summed E-state index contributed by atoms with van der Waals surface area (Å²) in [4.78, 5) is 9.83. The van der Waals surface area contributed by atoms with Crippen LogP contribution in [0.15, 0.2) is 66.7 Å². The van der Waals surface area contributed by atoms with Crippen LogP contribution in [0.3, 0.4) is 0 Å². The van der Waals surface area contributed by atoms with E-state index in [-0.39, 0.29) is 6.04 Å². The van der Waals surface area contributed by atoms with Crippen molar-refractivity contribution < 1.29 is 13.2 Å². The monoisotopic (exact) mass is 436 g/mol. The second-order valence-corrected chi connectivity index (χ2v) is 8.38. The van der Waals surface area contributed by atoms with Crippen molar-refractivity contribution in [1.29, 1.82) is 0 Å². The quantitative estimate of drug-likeness (QED) is 0.447. The van der Waals surface area contributed by atoms with Gasteiger partial charge in [-0.3, -0.25) is 4.90 Å². The molecule has 4 nitrogen and oxygen atoms in total. The smallest absolute Gasteiger partial charge is 0.338 e. The lowest BCUT2D eigenvalue weighted by Crippen LogP contribution is -2.26. The van der Waals surface area contributed by atoms with Crippen molar-refractivity contribution >= 4 is 11.0 Å². The molecule has 5 rings (SSSR count). The van der Waals surface area contributed by atoms with E-state index in [1.165, 1.54) is 11.6 Å². The molecule has 7 heteroatoms. The first kappa shape index (κ1) is 20.7. The van der Waals surface area contributed by atoms with Crippen molar-refractivity contribution in [2.24, 2.45) is 5.73 Å². The third-order valence-corrected chi connectivity index (χ3v) is 5.94. The van der Waals surface area contributed by atoms with Crippen LogP contribution in [0, 0.1) is 0 Å². The lowest BCUT2D eigenvalue weighted by atomic mass is 10.0. The number of imidazole rings is 1. The van der Waals surface area contributed by atoms with E-state index in [9.17, 15) is 13.2 Å². The summed E-state index contributed by atoms with van der Waals surface area (Å²) in [6, 6.07) is 20.2. The minimum absolute atomic E-state index is 0.268. The highest BCUT2D eigenvalue weighted by atomic mass is 19.4. The molecular formula is C25H23F3N4. The van der Waals surface area contributed by atoms with Crippen molar-refractivity contribution in [3.63, 3.8) is 0 Å². The molecule has 1 unspecified atom stereocenters. The summed E-state index contributed by atoms with van der Waals surface area (Å²) < 4.78 is 38.9. The van der Waals surface area contributed by atoms with E-state index in [0.717, 1.165) is 54.9 Å². The SMILES string of the molecule is NC1CCN(Cc2cccc(-c3ccc(-c4nc5ccc(C(F)(F)F)cc5[nH]4)cc3)c2)C1. The Hall–Kier alpha value is -3.16. The molecule has 32 heavy (non-hydrogen) atoms. The van der Waals surface area contributed by atoms with Gasteiger partial charge in [-0.25, -0.2) is 4.98 Å². The Morgan fingerprint density at radius 2 is 1.75 bits per heavy atom. The summed E-state index contributed by atoms with van der Waals surface area (Å²) >= 11 is 0. The van der Waals surface area contributed by atoms with Gasteiger partial charge in [-0.1, -0.05) is 42.5 Å². The largest absolute Gasteiger partial charge is 0.416 e. The summed E-state index contributed by atoms with van der Waals surface area (Å²) in [5, 5.41) is 0. The Morgan fingerprint density at radius 3 is 2.47 bits per heavy atom. The third-order valence-electron chi connectivity index (χ3n) is 5.94. The number of hydrogen-bond donors (Lipinski definition) is 2. The second kappa shape index (κ2) is 8.07. The highest BCUT2D eigenvalue weighted by Gasteiger charge is 2.30. The minimum Gasteiger partial charge on any atom is -0.338 e. The van der Waals surface area contributed by atoms with Crippen LogP contribution in [0.1, 0.15) is 17.5 Å². The molecule has 0 saturated carbocycles. The van der Waals surface area contributed by atoms with E-state index >= 15 is 0 Å². The number of alkyl halides is 3. The van der Waals surface area contributed by atoms with Gasteiger partial charge in [0.25, 0.3) is 0 Å². The van der Waals surface area contributed by atoms with Crippen LogP contribution in [0.4, 0.5) is 13.2 Å². The van der Waals surface area contributed by atoms with E-state index in [1.54, 1.807) is 0 Å². The Labute approximate surface area is 183 Å². The molecule has 0 amide bonds. The maximum absolute atomic E-state index is 13.0. The fourth-order valence-corrected chi connectivity index (χ4v) is 4.26. The van der Waals surface area contributed by atoms with Crippen molar-refractivity contribution in [2.75, 3.05) is 13.1 Å². The molecule has 0 bridgehead atoms. The molecule has 1 atom stereocenters. The summed E-state index contributed by atoms with van der Waals surface area (Å²) in [6.07, 6.45) is -3.34. The molecular weight excluding hydrogens is 413 g/mol. The van der Waals surface area contributed by atoms with Gasteiger partial charge in [0.15, 0.2) is 0 Å². The number of nitrogens with zero attached hydrogens (tertiary/aromatic N) is 2. The number of halogens is 3. The number of benzene rings is 3. The molecule has 164 valence electrons. The predicted molar refractivity (Wildman–Crippen MR) is 120 cm³/mol. The number of aromatic amines is 1. The van der Waals surface area contributed by atoms with Gasteiger partial charge < -0.3 is 10.7 Å². The van der Waals surface area contributed by atoms with Crippen molar-refractivity contribution in [3.8, 4) is 22.5 Å². The van der Waals surface area contributed by atoms with E-state index in [1.807, 2.05) is 24.3 Å². The van der Waals surface area contributed by atoms with E-state index in [2.05, 4.69) is 39.1 Å². The summed E-state index contributed by atoms with van der Waals surface area (Å²) in [7, 11) is 0. The Morgan fingerprint density at radius 1 is 0.969 bits per heavy atom. The number of nitrogens with two attached hydrogens (primary N) is 1. The number of rotatable bonds is 4. The molecule has 1 aromatic heterocycles. The van der Waals surface area contributed by atoms with Crippen LogP contribution in [-0.2, 0) is 12.7 Å². The molecule has 0 aliphatic carbocycles. The van der Waals surface area contributed by atoms with Crippen LogP contribution in [0.5, 0.6) is 0 Å². The molecule has 1 aliphatic rings. The zero-order valence-electron chi connectivity index (χ0n) is 17.4. The predicted octanol–water partition coefficient (Wildman–Crippen LogP) is 5.45. The average Bonchev–Trinajstić information content (AvgIpc) is 3.38. The number of aromatic nitrogens is 2. The molecule has 2 heterocycles. The number of H-pyrrole nitrogens is 1. The summed E-state index contributed by atoms with van der Waals surface area (Å²) in [6.45, 7) is 2.85. The lowest BCUT2D eigenvalue weighted by Gasteiger charge is -2.15. The van der Waals surface area contributed by atoms with Crippen LogP contribution < -0.4 is 5.73 Å². The Balaban J connectivity index is 1.37. The van der Waals surface area contributed by atoms with Gasteiger partial charge in [-0.15, -0.1) is 0 Å². The van der Waals surface area contributed by atoms with Gasteiger partial charge >= 0.3 is 6.18 Å². The zero-order valence-corrected chi connectivity index (χ0v) is 17.4. The number of fused-ring (bicyclic) bond motifs is 1. The molecule has 1 fully saturated rings. The second-order valence-electron chi connectivity index (χ2n) is 8.38. The highest BCUT2D eigenvalue weighted by molar-refractivity contribution is 5.80. The van der Waals surface area contributed by atoms with Gasteiger partial charge in [0.05, 0.1) is 16.6 Å². The van der Waals surface area contributed by atoms with Crippen LogP contribution >= 0.6 is 0 Å². The van der Waals surface area contributed by atoms with Crippen LogP contribution in [0.2, 0.25) is 0 Å². The van der Waals surface area contributed by atoms with Crippen molar-refractivity contribution in [3.05, 3.63) is 77.9 Å². The maximum atomic E-state index is 13.0. The molecule has 1 aliphatic heterocycles.